The third-order valence-corrected chi connectivity index (χ3v) is 3.56. The van der Waals surface area contributed by atoms with Gasteiger partial charge in [-0.1, -0.05) is 23.4 Å². The lowest BCUT2D eigenvalue weighted by molar-refractivity contribution is 0.213. The molecule has 2 aromatic carbocycles. The molecule has 0 fully saturated rings. The molecule has 3 rings (SSSR count). The highest BCUT2D eigenvalue weighted by Gasteiger charge is 2.15. The summed E-state index contributed by atoms with van der Waals surface area (Å²) < 4.78 is 10.4. The minimum atomic E-state index is -0.254. The van der Waals surface area contributed by atoms with Gasteiger partial charge in [-0.3, -0.25) is 0 Å². The number of para-hydroxylation sites is 1. The maximum atomic E-state index is 12.2. The lowest BCUT2D eigenvalue weighted by atomic mass is 10.2. The van der Waals surface area contributed by atoms with E-state index in [1.165, 1.54) is 4.90 Å². The van der Waals surface area contributed by atoms with Crippen molar-refractivity contribution in [3.05, 3.63) is 60.5 Å². The Morgan fingerprint density at radius 2 is 1.88 bits per heavy atom. The summed E-state index contributed by atoms with van der Waals surface area (Å²) in [6.07, 6.45) is 0. The summed E-state index contributed by atoms with van der Waals surface area (Å²) in [7, 11) is 3.27. The van der Waals surface area contributed by atoms with Gasteiger partial charge in [0.25, 0.3) is 0 Å². The van der Waals surface area contributed by atoms with E-state index in [0.717, 1.165) is 17.0 Å². The fraction of sp³-hybridized carbons (Fsp3) is 0.167. The van der Waals surface area contributed by atoms with Gasteiger partial charge in [-0.25, -0.2) is 4.79 Å². The first-order valence-corrected chi connectivity index (χ1v) is 7.70. The third kappa shape index (κ3) is 4.14. The topological polar surface area (TPSA) is 80.5 Å². The molecular weight excluding hydrogens is 320 g/mol. The molecule has 1 N–H and O–H groups in total. The number of rotatable bonds is 5. The molecule has 2 amide bonds. The van der Waals surface area contributed by atoms with E-state index in [2.05, 4.69) is 15.5 Å². The van der Waals surface area contributed by atoms with Crippen LogP contribution < -0.4 is 10.1 Å². The number of carbonyl (C=O) groups is 1. The number of anilines is 1. The van der Waals surface area contributed by atoms with Crippen molar-refractivity contribution in [2.75, 3.05) is 19.5 Å². The minimum absolute atomic E-state index is 0.210. The van der Waals surface area contributed by atoms with Crippen molar-refractivity contribution in [3.63, 3.8) is 0 Å². The van der Waals surface area contributed by atoms with E-state index >= 15 is 0 Å². The summed E-state index contributed by atoms with van der Waals surface area (Å²) >= 11 is 0. The first-order chi connectivity index (χ1) is 12.2. The highest BCUT2D eigenvalue weighted by atomic mass is 16.5. The van der Waals surface area contributed by atoms with Gasteiger partial charge in [0.15, 0.2) is 0 Å². The van der Waals surface area contributed by atoms with E-state index in [1.54, 1.807) is 14.2 Å². The van der Waals surface area contributed by atoms with Crippen LogP contribution in [-0.4, -0.2) is 35.2 Å². The van der Waals surface area contributed by atoms with Crippen molar-refractivity contribution in [1.82, 2.24) is 15.0 Å². The van der Waals surface area contributed by atoms with E-state index in [-0.39, 0.29) is 12.6 Å². The van der Waals surface area contributed by atoms with Crippen molar-refractivity contribution >= 4 is 11.7 Å². The van der Waals surface area contributed by atoms with Crippen LogP contribution in [0.4, 0.5) is 10.5 Å². The molecule has 0 spiro atoms. The number of nitrogens with one attached hydrogen (secondary N) is 1. The van der Waals surface area contributed by atoms with Crippen LogP contribution in [0.15, 0.2) is 59.1 Å². The Kier molecular flexibility index (Phi) is 4.94. The van der Waals surface area contributed by atoms with Crippen molar-refractivity contribution < 1.29 is 14.1 Å². The minimum Gasteiger partial charge on any atom is -0.497 e. The number of benzene rings is 2. The number of aromatic nitrogens is 2. The van der Waals surface area contributed by atoms with E-state index in [9.17, 15) is 4.79 Å². The molecule has 1 aromatic heterocycles. The van der Waals surface area contributed by atoms with E-state index in [1.807, 2.05) is 54.6 Å². The first-order valence-electron chi connectivity index (χ1n) is 7.70. The van der Waals surface area contributed by atoms with Crippen molar-refractivity contribution in [2.45, 2.75) is 6.54 Å². The maximum absolute atomic E-state index is 12.2. The molecule has 25 heavy (non-hydrogen) atoms. The Labute approximate surface area is 145 Å². The summed E-state index contributed by atoms with van der Waals surface area (Å²) in [5.41, 5.74) is 1.54. The van der Waals surface area contributed by atoms with Gasteiger partial charge in [0, 0.05) is 18.3 Å². The molecule has 0 aliphatic rings. The van der Waals surface area contributed by atoms with Crippen LogP contribution in [-0.2, 0) is 6.54 Å². The highest BCUT2D eigenvalue weighted by Crippen LogP contribution is 2.20. The number of hydrogen-bond acceptors (Lipinski definition) is 5. The van der Waals surface area contributed by atoms with Crippen LogP contribution in [0.25, 0.3) is 11.4 Å². The Morgan fingerprint density at radius 3 is 2.56 bits per heavy atom. The van der Waals surface area contributed by atoms with Crippen LogP contribution in [0.2, 0.25) is 0 Å². The maximum Gasteiger partial charge on any atom is 0.322 e. The molecule has 128 valence electrons. The number of hydrogen-bond donors (Lipinski definition) is 1. The van der Waals surface area contributed by atoms with Gasteiger partial charge in [-0.15, -0.1) is 0 Å². The molecule has 1 heterocycles. The zero-order chi connectivity index (χ0) is 17.6. The van der Waals surface area contributed by atoms with Crippen molar-refractivity contribution in [2.24, 2.45) is 0 Å². The monoisotopic (exact) mass is 338 g/mol. The summed E-state index contributed by atoms with van der Waals surface area (Å²) in [5, 5.41) is 6.75. The average Bonchev–Trinajstić information content (AvgIpc) is 3.11. The van der Waals surface area contributed by atoms with Crippen LogP contribution in [0, 0.1) is 0 Å². The standard InChI is InChI=1S/C18H18N4O3/c1-22(18(23)19-14-6-4-3-5-7-14)12-16-20-17(21-25-16)13-8-10-15(24-2)11-9-13/h3-11H,12H2,1-2H3,(H,19,23). The highest BCUT2D eigenvalue weighted by molar-refractivity contribution is 5.88. The number of ether oxygens (including phenoxy) is 1. The lowest BCUT2D eigenvalue weighted by Gasteiger charge is -2.15. The summed E-state index contributed by atoms with van der Waals surface area (Å²) in [6, 6.07) is 16.3. The fourth-order valence-corrected chi connectivity index (χ4v) is 2.19. The third-order valence-electron chi connectivity index (χ3n) is 3.56. The molecule has 7 nitrogen and oxygen atoms in total. The predicted molar refractivity (Wildman–Crippen MR) is 93.2 cm³/mol. The van der Waals surface area contributed by atoms with Crippen LogP contribution in [0.5, 0.6) is 5.75 Å². The Bertz CT molecular complexity index is 831. The van der Waals surface area contributed by atoms with Gasteiger partial charge in [0.1, 0.15) is 12.3 Å². The molecule has 0 saturated heterocycles. The predicted octanol–water partition coefficient (Wildman–Crippen LogP) is 3.41. The van der Waals surface area contributed by atoms with Crippen LogP contribution in [0.1, 0.15) is 5.89 Å². The summed E-state index contributed by atoms with van der Waals surface area (Å²) in [4.78, 5) is 18.0. The quantitative estimate of drug-likeness (QED) is 0.771. The second-order valence-electron chi connectivity index (χ2n) is 5.39. The zero-order valence-electron chi connectivity index (χ0n) is 14.0. The first kappa shape index (κ1) is 16.5. The van der Waals surface area contributed by atoms with Gasteiger partial charge in [0.2, 0.25) is 11.7 Å². The van der Waals surface area contributed by atoms with Gasteiger partial charge < -0.3 is 19.5 Å². The SMILES string of the molecule is COc1ccc(-c2noc(CN(C)C(=O)Nc3ccccc3)n2)cc1. The number of amides is 2. The van der Waals surface area contributed by atoms with Crippen molar-refractivity contribution in [1.29, 1.82) is 0 Å². The number of methoxy groups -OCH3 is 1. The second-order valence-corrected chi connectivity index (χ2v) is 5.39. The number of nitrogens with zero attached hydrogens (tertiary/aromatic N) is 3. The summed E-state index contributed by atoms with van der Waals surface area (Å²) in [5.74, 6) is 1.58. The fourth-order valence-electron chi connectivity index (χ4n) is 2.19. The molecule has 3 aromatic rings. The Hall–Kier alpha value is -3.35. The van der Waals surface area contributed by atoms with Gasteiger partial charge in [0.05, 0.1) is 7.11 Å². The molecule has 0 aliphatic carbocycles. The Balaban J connectivity index is 1.63. The molecule has 0 unspecified atom stereocenters. The second kappa shape index (κ2) is 7.48. The zero-order valence-corrected chi connectivity index (χ0v) is 14.0. The van der Waals surface area contributed by atoms with E-state index < -0.39 is 0 Å². The number of carbonyl (C=O) groups excluding carboxylic acids is 1. The van der Waals surface area contributed by atoms with Crippen LogP contribution in [0.3, 0.4) is 0 Å². The molecule has 7 heteroatoms. The van der Waals surface area contributed by atoms with Gasteiger partial charge in [-0.2, -0.15) is 4.98 Å². The Morgan fingerprint density at radius 1 is 1.16 bits per heavy atom. The molecular formula is C18H18N4O3. The summed E-state index contributed by atoms with van der Waals surface area (Å²) in [6.45, 7) is 0.210. The van der Waals surface area contributed by atoms with E-state index in [0.29, 0.717) is 11.7 Å². The molecule has 0 aliphatic heterocycles. The molecule has 0 radical (unpaired) electrons. The lowest BCUT2D eigenvalue weighted by Crippen LogP contribution is -2.30. The molecule has 0 atom stereocenters. The largest absolute Gasteiger partial charge is 0.497 e. The molecule has 0 saturated carbocycles. The molecule has 0 bridgehead atoms. The van der Waals surface area contributed by atoms with Gasteiger partial charge in [-0.05, 0) is 36.4 Å². The number of urea groups is 1. The van der Waals surface area contributed by atoms with E-state index in [4.69, 9.17) is 9.26 Å². The van der Waals surface area contributed by atoms with Crippen LogP contribution >= 0.6 is 0 Å². The normalized spacial score (nSPS) is 10.3. The average molecular weight is 338 g/mol. The van der Waals surface area contributed by atoms with Crippen molar-refractivity contribution in [3.8, 4) is 17.1 Å². The van der Waals surface area contributed by atoms with Gasteiger partial charge >= 0.3 is 6.03 Å². The smallest absolute Gasteiger partial charge is 0.322 e.